The van der Waals surface area contributed by atoms with Crippen LogP contribution < -0.4 is 5.32 Å². The third-order valence-electron chi connectivity index (χ3n) is 5.23. The summed E-state index contributed by atoms with van der Waals surface area (Å²) in [6, 6.07) is 13.7. The minimum Gasteiger partial charge on any atom is -0.356 e. The van der Waals surface area contributed by atoms with Crippen molar-refractivity contribution in [2.75, 3.05) is 19.6 Å². The van der Waals surface area contributed by atoms with Crippen LogP contribution in [0.25, 0.3) is 0 Å². The zero-order chi connectivity index (χ0) is 20.3. The van der Waals surface area contributed by atoms with Crippen LogP contribution in [0.3, 0.4) is 0 Å². The minimum atomic E-state index is -0.374. The minimum absolute atomic E-state index is 0.0197. The summed E-state index contributed by atoms with van der Waals surface area (Å²) < 4.78 is 13.2. The van der Waals surface area contributed by atoms with Crippen molar-refractivity contribution in [3.8, 4) is 0 Å². The van der Waals surface area contributed by atoms with E-state index >= 15 is 0 Å². The molecule has 2 aromatic carbocycles. The lowest BCUT2D eigenvalue weighted by Gasteiger charge is -2.19. The first-order valence-corrected chi connectivity index (χ1v) is 9.74. The molecule has 28 heavy (non-hydrogen) atoms. The average molecular weight is 382 g/mol. The number of nitrogens with one attached hydrogen (secondary N) is 1. The van der Waals surface area contributed by atoms with E-state index in [0.717, 1.165) is 11.1 Å². The first-order chi connectivity index (χ1) is 13.3. The second-order valence-corrected chi connectivity index (χ2v) is 7.98. The first kappa shape index (κ1) is 20.1. The number of hydrogen-bond acceptors (Lipinski definition) is 2. The lowest BCUT2D eigenvalue weighted by atomic mass is 9.88. The molecule has 4 nitrogen and oxygen atoms in total. The van der Waals surface area contributed by atoms with Crippen molar-refractivity contribution >= 4 is 11.8 Å². The van der Waals surface area contributed by atoms with Gasteiger partial charge >= 0.3 is 0 Å². The van der Waals surface area contributed by atoms with Gasteiger partial charge in [0.1, 0.15) is 5.82 Å². The van der Waals surface area contributed by atoms with Gasteiger partial charge in [0.2, 0.25) is 5.91 Å². The molecular formula is C23H27FN2O2. The van der Waals surface area contributed by atoms with E-state index < -0.39 is 0 Å². The van der Waals surface area contributed by atoms with E-state index in [1.54, 1.807) is 4.90 Å². The van der Waals surface area contributed by atoms with Gasteiger partial charge in [0, 0.05) is 31.1 Å². The Morgan fingerprint density at radius 1 is 1.07 bits per heavy atom. The van der Waals surface area contributed by atoms with E-state index in [0.29, 0.717) is 31.1 Å². The van der Waals surface area contributed by atoms with Gasteiger partial charge < -0.3 is 10.2 Å². The molecule has 5 heteroatoms. The van der Waals surface area contributed by atoms with E-state index in [-0.39, 0.29) is 29.5 Å². The van der Waals surface area contributed by atoms with Gasteiger partial charge in [0.25, 0.3) is 5.91 Å². The normalized spacial score (nSPS) is 19.1. The maximum atomic E-state index is 13.2. The quantitative estimate of drug-likeness (QED) is 0.856. The van der Waals surface area contributed by atoms with Gasteiger partial charge in [-0.3, -0.25) is 9.59 Å². The van der Waals surface area contributed by atoms with Crippen LogP contribution in [0.5, 0.6) is 0 Å². The highest BCUT2D eigenvalue weighted by Crippen LogP contribution is 2.34. The fourth-order valence-corrected chi connectivity index (χ4v) is 3.60. The third-order valence-corrected chi connectivity index (χ3v) is 5.23. The van der Waals surface area contributed by atoms with Crippen LogP contribution in [-0.4, -0.2) is 36.3 Å². The molecule has 3 rings (SSSR count). The number of carbonyl (C=O) groups is 2. The summed E-state index contributed by atoms with van der Waals surface area (Å²) in [7, 11) is 0. The fourth-order valence-electron chi connectivity index (χ4n) is 3.60. The summed E-state index contributed by atoms with van der Waals surface area (Å²) in [4.78, 5) is 27.5. The number of amides is 2. The number of hydrogen-bond donors (Lipinski definition) is 1. The molecule has 0 spiro atoms. The number of halogens is 1. The summed E-state index contributed by atoms with van der Waals surface area (Å²) in [6.07, 6.45) is 0. The molecule has 1 aliphatic rings. The van der Waals surface area contributed by atoms with Gasteiger partial charge in [0.15, 0.2) is 0 Å². The smallest absolute Gasteiger partial charge is 0.253 e. The number of rotatable bonds is 5. The Balaban J connectivity index is 1.83. The number of likely N-dealkylation sites (tertiary alicyclic amines) is 1. The molecule has 0 aliphatic carbocycles. The Morgan fingerprint density at radius 2 is 1.71 bits per heavy atom. The molecule has 0 radical (unpaired) electrons. The maximum Gasteiger partial charge on any atom is 0.253 e. The van der Waals surface area contributed by atoms with Crippen LogP contribution in [-0.2, 0) is 4.79 Å². The Bertz CT molecular complexity index is 831. The topological polar surface area (TPSA) is 49.4 Å². The summed E-state index contributed by atoms with van der Waals surface area (Å²) in [5.74, 6) is -0.561. The van der Waals surface area contributed by atoms with E-state index in [4.69, 9.17) is 0 Å². The van der Waals surface area contributed by atoms with Crippen molar-refractivity contribution in [1.29, 1.82) is 0 Å². The average Bonchev–Trinajstić information content (AvgIpc) is 3.12. The van der Waals surface area contributed by atoms with E-state index in [2.05, 4.69) is 19.2 Å². The summed E-state index contributed by atoms with van der Waals surface area (Å²) in [5.41, 5.74) is 2.65. The van der Waals surface area contributed by atoms with Crippen molar-refractivity contribution in [3.63, 3.8) is 0 Å². The van der Waals surface area contributed by atoms with Crippen molar-refractivity contribution in [1.82, 2.24) is 10.2 Å². The van der Waals surface area contributed by atoms with E-state index in [1.807, 2.05) is 31.2 Å². The molecule has 0 bridgehead atoms. The van der Waals surface area contributed by atoms with Crippen molar-refractivity contribution < 1.29 is 14.0 Å². The summed E-state index contributed by atoms with van der Waals surface area (Å²) in [6.45, 7) is 7.57. The Kier molecular flexibility index (Phi) is 6.12. The molecule has 2 unspecified atom stereocenters. The molecule has 1 fully saturated rings. The highest BCUT2D eigenvalue weighted by Gasteiger charge is 2.40. The van der Waals surface area contributed by atoms with Crippen molar-refractivity contribution in [3.05, 3.63) is 71.0 Å². The molecular weight excluding hydrogens is 355 g/mol. The number of aryl methyl sites for hydroxylation is 1. The van der Waals surface area contributed by atoms with Crippen molar-refractivity contribution in [2.24, 2.45) is 11.8 Å². The SMILES string of the molecule is Cc1ccc(C2CN(C(=O)c3ccc(F)cc3)CC2C(=O)NCC(C)C)cc1. The molecule has 2 amide bonds. The second kappa shape index (κ2) is 8.55. The molecule has 0 saturated carbocycles. The zero-order valence-electron chi connectivity index (χ0n) is 16.6. The summed E-state index contributed by atoms with van der Waals surface area (Å²) >= 11 is 0. The van der Waals surface area contributed by atoms with Gasteiger partial charge in [-0.05, 0) is 42.7 Å². The number of nitrogens with zero attached hydrogens (tertiary/aromatic N) is 1. The van der Waals surface area contributed by atoms with Crippen LogP contribution >= 0.6 is 0 Å². The number of carbonyl (C=O) groups excluding carboxylic acids is 2. The molecule has 1 N–H and O–H groups in total. The molecule has 2 atom stereocenters. The lowest BCUT2D eigenvalue weighted by molar-refractivity contribution is -0.125. The predicted octanol–water partition coefficient (Wildman–Crippen LogP) is 3.76. The molecule has 0 aromatic heterocycles. The molecule has 1 heterocycles. The Morgan fingerprint density at radius 3 is 2.32 bits per heavy atom. The maximum absolute atomic E-state index is 13.2. The predicted molar refractivity (Wildman–Crippen MR) is 108 cm³/mol. The monoisotopic (exact) mass is 382 g/mol. The van der Waals surface area contributed by atoms with Gasteiger partial charge in [-0.25, -0.2) is 4.39 Å². The Labute approximate surface area is 165 Å². The second-order valence-electron chi connectivity index (χ2n) is 7.98. The van der Waals surface area contributed by atoms with Crippen LogP contribution in [0.4, 0.5) is 4.39 Å². The first-order valence-electron chi connectivity index (χ1n) is 9.74. The van der Waals surface area contributed by atoms with Crippen LogP contribution in [0.15, 0.2) is 48.5 Å². The molecule has 2 aromatic rings. The van der Waals surface area contributed by atoms with Gasteiger partial charge in [-0.2, -0.15) is 0 Å². The molecule has 1 saturated heterocycles. The van der Waals surface area contributed by atoms with Crippen molar-refractivity contribution in [2.45, 2.75) is 26.7 Å². The zero-order valence-corrected chi connectivity index (χ0v) is 16.6. The lowest BCUT2D eigenvalue weighted by Crippen LogP contribution is -2.37. The van der Waals surface area contributed by atoms with Gasteiger partial charge in [0.05, 0.1) is 5.92 Å². The molecule has 1 aliphatic heterocycles. The Hall–Kier alpha value is -2.69. The van der Waals surface area contributed by atoms with Crippen LogP contribution in [0, 0.1) is 24.6 Å². The third kappa shape index (κ3) is 4.58. The summed E-state index contributed by atoms with van der Waals surface area (Å²) in [5, 5.41) is 3.02. The van der Waals surface area contributed by atoms with E-state index in [1.165, 1.54) is 24.3 Å². The highest BCUT2D eigenvalue weighted by molar-refractivity contribution is 5.95. The standard InChI is InChI=1S/C23H27FN2O2/c1-15(2)12-25-22(27)21-14-26(23(28)18-8-10-19(24)11-9-18)13-20(21)17-6-4-16(3)5-7-17/h4-11,15,20-21H,12-14H2,1-3H3,(H,25,27). The highest BCUT2D eigenvalue weighted by atomic mass is 19.1. The largest absolute Gasteiger partial charge is 0.356 e. The van der Waals surface area contributed by atoms with E-state index in [9.17, 15) is 14.0 Å². The van der Waals surface area contributed by atoms with Crippen LogP contribution in [0.2, 0.25) is 0 Å². The molecule has 148 valence electrons. The van der Waals surface area contributed by atoms with Gasteiger partial charge in [-0.15, -0.1) is 0 Å². The van der Waals surface area contributed by atoms with Crippen LogP contribution in [0.1, 0.15) is 41.3 Å². The number of benzene rings is 2. The fraction of sp³-hybridized carbons (Fsp3) is 0.391. The van der Waals surface area contributed by atoms with Gasteiger partial charge in [-0.1, -0.05) is 43.7 Å².